The molecular weight excluding hydrogens is 278 g/mol. The van der Waals surface area contributed by atoms with E-state index in [0.717, 1.165) is 28.8 Å². The first-order valence-electron chi connectivity index (χ1n) is 5.97. The van der Waals surface area contributed by atoms with Crippen LogP contribution in [0, 0.1) is 5.41 Å². The van der Waals surface area contributed by atoms with Crippen molar-refractivity contribution in [3.8, 4) is 5.75 Å². The fourth-order valence-electron chi connectivity index (χ4n) is 1.47. The van der Waals surface area contributed by atoms with Crippen molar-refractivity contribution in [1.82, 2.24) is 0 Å². The maximum atomic E-state index is 5.94. The molecule has 3 heteroatoms. The molecule has 0 bridgehead atoms. The van der Waals surface area contributed by atoms with Gasteiger partial charge < -0.3 is 10.5 Å². The Morgan fingerprint density at radius 1 is 1.35 bits per heavy atom. The van der Waals surface area contributed by atoms with Gasteiger partial charge >= 0.3 is 0 Å². The summed E-state index contributed by atoms with van der Waals surface area (Å²) in [5, 5.41) is 0. The lowest BCUT2D eigenvalue weighted by Crippen LogP contribution is -2.13. The lowest BCUT2D eigenvalue weighted by atomic mass is 9.93. The molecular formula is C14H22BrNO. The standard InChI is InChI=1S/C14H22BrNO/c1-10(16)12-9-11(15)5-6-13(12)17-8-7-14(2,3)4/h5-6,9-10H,7-8,16H2,1-4H3/t10-/m0/s1. The van der Waals surface area contributed by atoms with E-state index in [1.54, 1.807) is 0 Å². The SMILES string of the molecule is C[C@H](N)c1cc(Br)ccc1OCCC(C)(C)C. The summed E-state index contributed by atoms with van der Waals surface area (Å²) in [4.78, 5) is 0. The average Bonchev–Trinajstić information content (AvgIpc) is 2.18. The number of ether oxygens (including phenoxy) is 1. The van der Waals surface area contributed by atoms with Crippen molar-refractivity contribution in [1.29, 1.82) is 0 Å². The molecule has 96 valence electrons. The molecule has 0 aliphatic rings. The molecule has 0 spiro atoms. The van der Waals surface area contributed by atoms with Crippen LogP contribution in [-0.2, 0) is 0 Å². The summed E-state index contributed by atoms with van der Waals surface area (Å²) in [6.45, 7) is 9.34. The van der Waals surface area contributed by atoms with E-state index in [-0.39, 0.29) is 6.04 Å². The predicted octanol–water partition coefficient (Wildman–Crippen LogP) is 4.28. The van der Waals surface area contributed by atoms with Gasteiger partial charge in [-0.3, -0.25) is 0 Å². The molecule has 0 aliphatic heterocycles. The minimum absolute atomic E-state index is 0.0165. The summed E-state index contributed by atoms with van der Waals surface area (Å²) < 4.78 is 6.86. The van der Waals surface area contributed by atoms with Crippen LogP contribution in [0.25, 0.3) is 0 Å². The summed E-state index contributed by atoms with van der Waals surface area (Å²) in [5.74, 6) is 0.896. The smallest absolute Gasteiger partial charge is 0.124 e. The summed E-state index contributed by atoms with van der Waals surface area (Å²) >= 11 is 3.45. The van der Waals surface area contributed by atoms with Crippen LogP contribution in [0.1, 0.15) is 45.7 Å². The third-order valence-corrected chi connectivity index (χ3v) is 3.07. The highest BCUT2D eigenvalue weighted by atomic mass is 79.9. The quantitative estimate of drug-likeness (QED) is 0.900. The molecule has 2 nitrogen and oxygen atoms in total. The molecule has 0 unspecified atom stereocenters. The molecule has 0 aromatic heterocycles. The first-order valence-corrected chi connectivity index (χ1v) is 6.77. The van der Waals surface area contributed by atoms with Crippen molar-refractivity contribution in [3.63, 3.8) is 0 Å². The second-order valence-corrected chi connectivity index (χ2v) is 6.55. The summed E-state index contributed by atoms with van der Waals surface area (Å²) in [6.07, 6.45) is 1.03. The molecule has 0 fully saturated rings. The largest absolute Gasteiger partial charge is 0.493 e. The molecule has 1 atom stereocenters. The minimum Gasteiger partial charge on any atom is -0.493 e. The van der Waals surface area contributed by atoms with Gasteiger partial charge in [-0.2, -0.15) is 0 Å². The molecule has 0 amide bonds. The lowest BCUT2D eigenvalue weighted by molar-refractivity contribution is 0.240. The van der Waals surface area contributed by atoms with Crippen molar-refractivity contribution < 1.29 is 4.74 Å². The van der Waals surface area contributed by atoms with Gasteiger partial charge in [0.2, 0.25) is 0 Å². The highest BCUT2D eigenvalue weighted by Gasteiger charge is 2.12. The highest BCUT2D eigenvalue weighted by molar-refractivity contribution is 9.10. The summed E-state index contributed by atoms with van der Waals surface area (Å²) in [6, 6.07) is 5.97. The van der Waals surface area contributed by atoms with Gasteiger partial charge in [-0.05, 0) is 37.0 Å². The van der Waals surface area contributed by atoms with E-state index in [1.165, 1.54) is 0 Å². The van der Waals surface area contributed by atoms with Gasteiger partial charge in [0.25, 0.3) is 0 Å². The first-order chi connectivity index (χ1) is 7.79. The average molecular weight is 300 g/mol. The zero-order valence-electron chi connectivity index (χ0n) is 11.1. The summed E-state index contributed by atoms with van der Waals surface area (Å²) in [7, 11) is 0. The van der Waals surface area contributed by atoms with E-state index < -0.39 is 0 Å². The van der Waals surface area contributed by atoms with Crippen LogP contribution in [0.2, 0.25) is 0 Å². The monoisotopic (exact) mass is 299 g/mol. The van der Waals surface area contributed by atoms with E-state index in [4.69, 9.17) is 10.5 Å². The Hall–Kier alpha value is -0.540. The molecule has 0 aliphatic carbocycles. The van der Waals surface area contributed by atoms with Crippen molar-refractivity contribution in [2.75, 3.05) is 6.61 Å². The van der Waals surface area contributed by atoms with E-state index in [9.17, 15) is 0 Å². The third kappa shape index (κ3) is 5.09. The van der Waals surface area contributed by atoms with E-state index in [0.29, 0.717) is 5.41 Å². The molecule has 1 rings (SSSR count). The number of nitrogens with two attached hydrogens (primary N) is 1. The minimum atomic E-state index is -0.0165. The van der Waals surface area contributed by atoms with Gasteiger partial charge in [0.05, 0.1) is 6.61 Å². The Kier molecular flexibility index (Phi) is 5.02. The van der Waals surface area contributed by atoms with Crippen molar-refractivity contribution in [2.24, 2.45) is 11.1 Å². The maximum Gasteiger partial charge on any atom is 0.124 e. The molecule has 0 saturated carbocycles. The zero-order chi connectivity index (χ0) is 13.1. The Morgan fingerprint density at radius 2 is 2.00 bits per heavy atom. The van der Waals surface area contributed by atoms with Crippen molar-refractivity contribution in [3.05, 3.63) is 28.2 Å². The predicted molar refractivity (Wildman–Crippen MR) is 76.3 cm³/mol. The fraction of sp³-hybridized carbons (Fsp3) is 0.571. The number of rotatable bonds is 4. The highest BCUT2D eigenvalue weighted by Crippen LogP contribution is 2.28. The molecule has 0 heterocycles. The number of hydrogen-bond acceptors (Lipinski definition) is 2. The molecule has 2 N–H and O–H groups in total. The third-order valence-electron chi connectivity index (χ3n) is 2.57. The van der Waals surface area contributed by atoms with Gasteiger partial charge in [0.15, 0.2) is 0 Å². The normalized spacial score (nSPS) is 13.5. The van der Waals surface area contributed by atoms with Gasteiger partial charge in [-0.1, -0.05) is 36.7 Å². The van der Waals surface area contributed by atoms with Crippen LogP contribution in [0.4, 0.5) is 0 Å². The van der Waals surface area contributed by atoms with Gasteiger partial charge in [-0.15, -0.1) is 0 Å². The lowest BCUT2D eigenvalue weighted by Gasteiger charge is -2.20. The summed E-state index contributed by atoms with van der Waals surface area (Å²) in [5.41, 5.74) is 7.28. The number of halogens is 1. The Balaban J connectivity index is 2.70. The van der Waals surface area contributed by atoms with E-state index in [1.807, 2.05) is 25.1 Å². The van der Waals surface area contributed by atoms with Gasteiger partial charge in [0, 0.05) is 16.1 Å². The Labute approximate surface area is 113 Å². The zero-order valence-corrected chi connectivity index (χ0v) is 12.7. The van der Waals surface area contributed by atoms with Crippen molar-refractivity contribution in [2.45, 2.75) is 40.2 Å². The van der Waals surface area contributed by atoms with E-state index in [2.05, 4.69) is 36.7 Å². The molecule has 17 heavy (non-hydrogen) atoms. The topological polar surface area (TPSA) is 35.2 Å². The molecule has 1 aromatic carbocycles. The maximum absolute atomic E-state index is 5.94. The van der Waals surface area contributed by atoms with Gasteiger partial charge in [-0.25, -0.2) is 0 Å². The van der Waals surface area contributed by atoms with Crippen LogP contribution in [-0.4, -0.2) is 6.61 Å². The number of hydrogen-bond donors (Lipinski definition) is 1. The number of benzene rings is 1. The fourth-order valence-corrected chi connectivity index (χ4v) is 1.85. The second-order valence-electron chi connectivity index (χ2n) is 5.63. The Bertz CT molecular complexity index is 369. The van der Waals surface area contributed by atoms with Crippen molar-refractivity contribution >= 4 is 15.9 Å². The molecule has 0 saturated heterocycles. The van der Waals surface area contributed by atoms with Crippen LogP contribution < -0.4 is 10.5 Å². The molecule has 1 aromatic rings. The van der Waals surface area contributed by atoms with Gasteiger partial charge in [0.1, 0.15) is 5.75 Å². The Morgan fingerprint density at radius 3 is 2.53 bits per heavy atom. The van der Waals surface area contributed by atoms with Crippen LogP contribution in [0.5, 0.6) is 5.75 Å². The van der Waals surface area contributed by atoms with Crippen LogP contribution >= 0.6 is 15.9 Å². The second kappa shape index (κ2) is 5.87. The van der Waals surface area contributed by atoms with Crippen LogP contribution in [0.3, 0.4) is 0 Å². The molecule has 0 radical (unpaired) electrons. The first kappa shape index (κ1) is 14.5. The van der Waals surface area contributed by atoms with E-state index >= 15 is 0 Å². The van der Waals surface area contributed by atoms with Crippen LogP contribution in [0.15, 0.2) is 22.7 Å².